The number of H-pyrrole nitrogens is 1. The molecule has 0 bridgehead atoms. The second-order valence-corrected chi connectivity index (χ2v) is 9.33. The summed E-state index contributed by atoms with van der Waals surface area (Å²) in [6, 6.07) is 6.29. The van der Waals surface area contributed by atoms with E-state index in [4.69, 9.17) is 9.26 Å². The number of carbonyl (C=O) groups is 3. The number of hydrogen-bond acceptors (Lipinski definition) is 6. The van der Waals surface area contributed by atoms with Crippen LogP contribution < -0.4 is 16.0 Å². The molecule has 3 aromatic rings. The summed E-state index contributed by atoms with van der Waals surface area (Å²) in [5, 5.41) is 12.0. The molecule has 182 valence electrons. The highest BCUT2D eigenvalue weighted by Crippen LogP contribution is 2.36. The predicted octanol–water partition coefficient (Wildman–Crippen LogP) is 4.84. The number of benzene rings is 1. The number of aromatic amines is 1. The van der Waals surface area contributed by atoms with E-state index in [1.165, 1.54) is 7.11 Å². The third-order valence-electron chi connectivity index (χ3n) is 5.71. The number of rotatable bonds is 4. The summed E-state index contributed by atoms with van der Waals surface area (Å²) in [5.74, 6) is 0.227. The maximum Gasteiger partial charge on any atom is 0.339 e. The van der Waals surface area contributed by atoms with Crippen LogP contribution in [0.15, 0.2) is 28.8 Å². The van der Waals surface area contributed by atoms with E-state index in [9.17, 15) is 14.4 Å². The molecule has 4 N–H and O–H groups in total. The van der Waals surface area contributed by atoms with E-state index in [0.29, 0.717) is 56.6 Å². The first kappa shape index (κ1) is 23.8. The largest absolute Gasteiger partial charge is 0.465 e. The first-order valence-electron chi connectivity index (χ1n) is 11.0. The molecule has 1 aliphatic heterocycles. The summed E-state index contributed by atoms with van der Waals surface area (Å²) in [6.45, 7) is 9.51. The standard InChI is InChI=1S/C25H27N5O5/c1-12-17(26-13(2)21(12)23(32)34-6)10-16-15-8-7-14(9-18(15)28-22(16)31)27-24(33)29-20-11-19(35-30-20)25(3,4)5/h7-11,26H,1-6H3,(H,28,31)(H2,27,29,30,33). The molecule has 0 spiro atoms. The zero-order valence-electron chi connectivity index (χ0n) is 20.4. The molecule has 35 heavy (non-hydrogen) atoms. The van der Waals surface area contributed by atoms with E-state index in [0.717, 1.165) is 0 Å². The smallest absolute Gasteiger partial charge is 0.339 e. The maximum absolute atomic E-state index is 12.7. The van der Waals surface area contributed by atoms with Gasteiger partial charge in [-0.15, -0.1) is 0 Å². The van der Waals surface area contributed by atoms with Crippen LogP contribution in [0.4, 0.5) is 22.0 Å². The van der Waals surface area contributed by atoms with Crippen molar-refractivity contribution in [2.45, 2.75) is 40.0 Å². The zero-order valence-corrected chi connectivity index (χ0v) is 20.4. The minimum absolute atomic E-state index is 0.231. The highest BCUT2D eigenvalue weighted by molar-refractivity contribution is 6.35. The highest BCUT2D eigenvalue weighted by atomic mass is 16.5. The molecular formula is C25H27N5O5. The molecule has 0 atom stereocenters. The minimum Gasteiger partial charge on any atom is -0.465 e. The fraction of sp³-hybridized carbons (Fsp3) is 0.280. The van der Waals surface area contributed by atoms with Crippen molar-refractivity contribution in [3.8, 4) is 0 Å². The quantitative estimate of drug-likeness (QED) is 0.313. The van der Waals surface area contributed by atoms with Crippen LogP contribution in [0.3, 0.4) is 0 Å². The Morgan fingerprint density at radius 3 is 2.54 bits per heavy atom. The topological polar surface area (TPSA) is 138 Å². The molecule has 0 radical (unpaired) electrons. The van der Waals surface area contributed by atoms with E-state index in [-0.39, 0.29) is 11.3 Å². The maximum atomic E-state index is 12.7. The van der Waals surface area contributed by atoms with Crippen molar-refractivity contribution in [1.29, 1.82) is 0 Å². The van der Waals surface area contributed by atoms with Gasteiger partial charge in [0.1, 0.15) is 5.76 Å². The number of aromatic nitrogens is 2. The van der Waals surface area contributed by atoms with E-state index in [1.54, 1.807) is 44.2 Å². The van der Waals surface area contributed by atoms with Crippen molar-refractivity contribution >= 4 is 46.7 Å². The third kappa shape index (κ3) is 4.68. The number of fused-ring (bicyclic) bond motifs is 1. The van der Waals surface area contributed by atoms with Crippen molar-refractivity contribution in [2.75, 3.05) is 23.1 Å². The number of nitrogens with zero attached hydrogens (tertiary/aromatic N) is 1. The second-order valence-electron chi connectivity index (χ2n) is 9.33. The summed E-state index contributed by atoms with van der Waals surface area (Å²) < 4.78 is 10.1. The number of nitrogens with one attached hydrogen (secondary N) is 4. The van der Waals surface area contributed by atoms with E-state index < -0.39 is 12.0 Å². The van der Waals surface area contributed by atoms with Crippen LogP contribution in [0.5, 0.6) is 0 Å². The Morgan fingerprint density at radius 2 is 1.89 bits per heavy atom. The molecule has 0 unspecified atom stereocenters. The van der Waals surface area contributed by atoms with E-state index >= 15 is 0 Å². The Kier molecular flexibility index (Phi) is 5.98. The van der Waals surface area contributed by atoms with Crippen molar-refractivity contribution in [2.24, 2.45) is 0 Å². The summed E-state index contributed by atoms with van der Waals surface area (Å²) in [6.07, 6.45) is 1.70. The van der Waals surface area contributed by atoms with Gasteiger partial charge in [0.15, 0.2) is 5.82 Å². The molecule has 4 rings (SSSR count). The summed E-state index contributed by atoms with van der Waals surface area (Å²) >= 11 is 0. The number of carbonyl (C=O) groups excluding carboxylic acids is 3. The number of methoxy groups -OCH3 is 1. The van der Waals surface area contributed by atoms with Gasteiger partial charge in [0.25, 0.3) is 5.91 Å². The normalized spacial score (nSPS) is 14.0. The number of anilines is 3. The average Bonchev–Trinajstić information content (AvgIpc) is 3.44. The number of hydrogen-bond donors (Lipinski definition) is 4. The van der Waals surface area contributed by atoms with E-state index in [2.05, 4.69) is 26.1 Å². The van der Waals surface area contributed by atoms with Crippen LogP contribution >= 0.6 is 0 Å². The third-order valence-corrected chi connectivity index (χ3v) is 5.71. The lowest BCUT2D eigenvalue weighted by Crippen LogP contribution is -2.19. The molecule has 10 nitrogen and oxygen atoms in total. The molecule has 0 fully saturated rings. The second kappa shape index (κ2) is 8.79. The van der Waals surface area contributed by atoms with Gasteiger partial charge in [0, 0.05) is 34.1 Å². The molecule has 10 heteroatoms. The van der Waals surface area contributed by atoms with Crippen molar-refractivity contribution in [3.63, 3.8) is 0 Å². The molecule has 3 heterocycles. The van der Waals surface area contributed by atoms with Gasteiger partial charge >= 0.3 is 12.0 Å². The fourth-order valence-electron chi connectivity index (χ4n) is 3.85. The monoisotopic (exact) mass is 477 g/mol. The fourth-order valence-corrected chi connectivity index (χ4v) is 3.85. The van der Waals surface area contributed by atoms with Gasteiger partial charge in [0.05, 0.1) is 23.9 Å². The first-order valence-corrected chi connectivity index (χ1v) is 11.0. The van der Waals surface area contributed by atoms with Gasteiger partial charge in [-0.05, 0) is 37.6 Å². The molecular weight excluding hydrogens is 450 g/mol. The molecule has 2 aromatic heterocycles. The summed E-state index contributed by atoms with van der Waals surface area (Å²) in [5.41, 5.74) is 4.38. The molecule has 3 amide bonds. The number of esters is 1. The Morgan fingerprint density at radius 1 is 1.14 bits per heavy atom. The van der Waals surface area contributed by atoms with E-state index in [1.807, 2.05) is 20.8 Å². The number of ether oxygens (including phenoxy) is 1. The average molecular weight is 478 g/mol. The Labute approximate surface area is 202 Å². The molecule has 0 aliphatic carbocycles. The van der Waals surface area contributed by atoms with Gasteiger partial charge in [-0.25, -0.2) is 9.59 Å². The minimum atomic E-state index is -0.494. The molecule has 0 saturated carbocycles. The lowest BCUT2D eigenvalue weighted by atomic mass is 9.93. The Hall–Kier alpha value is -4.34. The SMILES string of the molecule is COC(=O)c1c(C)[nH]c(C=C2C(=O)Nc3cc(NC(=O)Nc4cc(C(C)(C)C)on4)ccc32)c1C. The van der Waals surface area contributed by atoms with Crippen molar-refractivity contribution < 1.29 is 23.6 Å². The van der Waals surface area contributed by atoms with Gasteiger partial charge in [0.2, 0.25) is 0 Å². The lowest BCUT2D eigenvalue weighted by Gasteiger charge is -2.12. The highest BCUT2D eigenvalue weighted by Gasteiger charge is 2.26. The van der Waals surface area contributed by atoms with Gasteiger partial charge in [-0.2, -0.15) is 0 Å². The van der Waals surface area contributed by atoms with Gasteiger partial charge in [-0.3, -0.25) is 10.1 Å². The van der Waals surface area contributed by atoms with Crippen molar-refractivity contribution in [3.05, 3.63) is 58.1 Å². The predicted molar refractivity (Wildman–Crippen MR) is 132 cm³/mol. The number of urea groups is 1. The van der Waals surface area contributed by atoms with Crippen LogP contribution in [0.2, 0.25) is 0 Å². The van der Waals surface area contributed by atoms with Crippen LogP contribution in [-0.4, -0.2) is 35.2 Å². The zero-order chi connectivity index (χ0) is 25.5. The molecule has 1 aromatic carbocycles. The number of amides is 3. The van der Waals surface area contributed by atoms with Gasteiger partial charge < -0.3 is 24.9 Å². The Balaban J connectivity index is 1.53. The summed E-state index contributed by atoms with van der Waals surface area (Å²) in [7, 11) is 1.33. The Bertz CT molecular complexity index is 1370. The summed E-state index contributed by atoms with van der Waals surface area (Å²) in [4.78, 5) is 40.3. The van der Waals surface area contributed by atoms with Gasteiger partial charge in [-0.1, -0.05) is 32.0 Å². The van der Waals surface area contributed by atoms with Crippen LogP contribution in [0.25, 0.3) is 11.6 Å². The molecule has 0 saturated heterocycles. The number of aryl methyl sites for hydroxylation is 1. The molecule has 1 aliphatic rings. The van der Waals surface area contributed by atoms with Crippen LogP contribution in [0, 0.1) is 13.8 Å². The van der Waals surface area contributed by atoms with Crippen LogP contribution in [-0.2, 0) is 14.9 Å². The lowest BCUT2D eigenvalue weighted by molar-refractivity contribution is -0.110. The van der Waals surface area contributed by atoms with Crippen molar-refractivity contribution in [1.82, 2.24) is 10.1 Å². The first-order chi connectivity index (χ1) is 16.5. The van der Waals surface area contributed by atoms with Crippen LogP contribution in [0.1, 0.15) is 59.4 Å².